The molecular weight excluding hydrogens is 278 g/mol. The molecule has 2 rings (SSSR count). The predicted molar refractivity (Wildman–Crippen MR) is 86.5 cm³/mol. The van der Waals surface area contributed by atoms with Gasteiger partial charge < -0.3 is 10.1 Å². The number of nitrogens with zero attached hydrogens (tertiary/aromatic N) is 2. The number of aryl methyl sites for hydroxylation is 2. The van der Waals surface area contributed by atoms with Crippen molar-refractivity contribution in [3.8, 4) is 5.75 Å². The van der Waals surface area contributed by atoms with E-state index in [4.69, 9.17) is 4.74 Å². The Bertz CT molecular complexity index is 689. The zero-order valence-corrected chi connectivity index (χ0v) is 13.3. The summed E-state index contributed by atoms with van der Waals surface area (Å²) >= 11 is 0. The van der Waals surface area contributed by atoms with Crippen LogP contribution in [0.1, 0.15) is 29.7 Å². The molecule has 1 N–H and O–H groups in total. The molecule has 1 aromatic heterocycles. The zero-order chi connectivity index (χ0) is 16.1. The van der Waals surface area contributed by atoms with Crippen LogP contribution in [0.3, 0.4) is 0 Å². The van der Waals surface area contributed by atoms with Crippen LogP contribution in [0.5, 0.6) is 5.75 Å². The Balaban J connectivity index is 2.05. The first-order valence-corrected chi connectivity index (χ1v) is 7.11. The lowest BCUT2D eigenvalue weighted by molar-refractivity contribution is -0.117. The Morgan fingerprint density at radius 3 is 2.86 bits per heavy atom. The highest BCUT2D eigenvalue weighted by atomic mass is 16.5. The van der Waals surface area contributed by atoms with Crippen molar-refractivity contribution in [1.29, 1.82) is 0 Å². The zero-order valence-electron chi connectivity index (χ0n) is 13.3. The predicted octanol–water partition coefficient (Wildman–Crippen LogP) is 2.63. The lowest BCUT2D eigenvalue weighted by Crippen LogP contribution is -2.25. The summed E-state index contributed by atoms with van der Waals surface area (Å²) < 4.78 is 7.05. The first-order chi connectivity index (χ1) is 10.5. The summed E-state index contributed by atoms with van der Waals surface area (Å²) in [7, 11) is 3.47. The number of hydrogen-bond acceptors (Lipinski definition) is 3. The van der Waals surface area contributed by atoms with Gasteiger partial charge in [-0.05, 0) is 26.0 Å². The van der Waals surface area contributed by atoms with Gasteiger partial charge in [-0.3, -0.25) is 9.48 Å². The maximum Gasteiger partial charge on any atom is 0.244 e. The number of carbonyl (C=O) groups excluding carboxylic acids is 1. The number of methoxy groups -OCH3 is 1. The van der Waals surface area contributed by atoms with Crippen LogP contribution >= 0.6 is 0 Å². The molecule has 22 heavy (non-hydrogen) atoms. The van der Waals surface area contributed by atoms with Gasteiger partial charge >= 0.3 is 0 Å². The van der Waals surface area contributed by atoms with Crippen molar-refractivity contribution in [2.45, 2.75) is 19.9 Å². The summed E-state index contributed by atoms with van der Waals surface area (Å²) in [6.07, 6.45) is 6.80. The third-order valence-electron chi connectivity index (χ3n) is 3.36. The third-order valence-corrected chi connectivity index (χ3v) is 3.36. The molecule has 0 bridgehead atoms. The van der Waals surface area contributed by atoms with Gasteiger partial charge in [0.1, 0.15) is 5.75 Å². The molecule has 0 aliphatic carbocycles. The SMILES string of the molecule is COc1ccc(C)cc1[C@@H](C)NC(=O)/C=C/c1cnn(C)c1. The summed E-state index contributed by atoms with van der Waals surface area (Å²) in [6.45, 7) is 3.95. The lowest BCUT2D eigenvalue weighted by Gasteiger charge is -2.17. The van der Waals surface area contributed by atoms with Crippen LogP contribution in [0.4, 0.5) is 0 Å². The van der Waals surface area contributed by atoms with Crippen molar-refractivity contribution in [3.05, 3.63) is 53.4 Å². The number of nitrogens with one attached hydrogen (secondary N) is 1. The van der Waals surface area contributed by atoms with Gasteiger partial charge in [0.2, 0.25) is 5.91 Å². The van der Waals surface area contributed by atoms with Crippen LogP contribution in [-0.4, -0.2) is 22.8 Å². The number of hydrogen-bond donors (Lipinski definition) is 1. The lowest BCUT2D eigenvalue weighted by atomic mass is 10.0. The smallest absolute Gasteiger partial charge is 0.244 e. The molecule has 0 saturated carbocycles. The first kappa shape index (κ1) is 15.8. The average Bonchev–Trinajstić information content (AvgIpc) is 2.90. The largest absolute Gasteiger partial charge is 0.496 e. The van der Waals surface area contributed by atoms with E-state index in [1.807, 2.05) is 45.3 Å². The molecule has 0 aliphatic heterocycles. The van der Waals surface area contributed by atoms with E-state index in [0.717, 1.165) is 22.4 Å². The normalized spacial score (nSPS) is 12.4. The van der Waals surface area contributed by atoms with E-state index in [0.29, 0.717) is 0 Å². The average molecular weight is 299 g/mol. The Morgan fingerprint density at radius 1 is 1.45 bits per heavy atom. The molecule has 1 amide bonds. The maximum atomic E-state index is 12.0. The van der Waals surface area contributed by atoms with Gasteiger partial charge in [0.25, 0.3) is 0 Å². The topological polar surface area (TPSA) is 56.1 Å². The highest BCUT2D eigenvalue weighted by molar-refractivity contribution is 5.91. The summed E-state index contributed by atoms with van der Waals surface area (Å²) in [5, 5.41) is 6.99. The molecule has 0 aliphatic rings. The van der Waals surface area contributed by atoms with E-state index in [1.54, 1.807) is 24.1 Å². The minimum Gasteiger partial charge on any atom is -0.496 e. The second kappa shape index (κ2) is 6.93. The van der Waals surface area contributed by atoms with Gasteiger partial charge in [-0.25, -0.2) is 0 Å². The quantitative estimate of drug-likeness (QED) is 0.864. The first-order valence-electron chi connectivity index (χ1n) is 7.11. The number of ether oxygens (including phenoxy) is 1. The van der Waals surface area contributed by atoms with Gasteiger partial charge in [0, 0.05) is 30.4 Å². The number of benzene rings is 1. The van der Waals surface area contributed by atoms with E-state index in [2.05, 4.69) is 10.4 Å². The number of amides is 1. The highest BCUT2D eigenvalue weighted by Gasteiger charge is 2.13. The molecule has 1 heterocycles. The van der Waals surface area contributed by atoms with Crippen LogP contribution < -0.4 is 10.1 Å². The Labute approximate surface area is 130 Å². The fraction of sp³-hybridized carbons (Fsp3) is 0.294. The number of aromatic nitrogens is 2. The van der Waals surface area contributed by atoms with Crippen molar-refractivity contribution < 1.29 is 9.53 Å². The van der Waals surface area contributed by atoms with Gasteiger partial charge in [-0.15, -0.1) is 0 Å². The summed E-state index contributed by atoms with van der Waals surface area (Å²) in [5.74, 6) is 0.620. The molecule has 0 fully saturated rings. The van der Waals surface area contributed by atoms with Crippen molar-refractivity contribution in [3.63, 3.8) is 0 Å². The molecule has 116 valence electrons. The van der Waals surface area contributed by atoms with Gasteiger partial charge in [-0.1, -0.05) is 17.7 Å². The van der Waals surface area contributed by atoms with Crippen LogP contribution in [0, 0.1) is 6.92 Å². The molecule has 0 spiro atoms. The van der Waals surface area contributed by atoms with E-state index in [1.165, 1.54) is 6.08 Å². The fourth-order valence-electron chi connectivity index (χ4n) is 2.23. The van der Waals surface area contributed by atoms with Crippen LogP contribution in [0.25, 0.3) is 6.08 Å². The van der Waals surface area contributed by atoms with E-state index in [-0.39, 0.29) is 11.9 Å². The van der Waals surface area contributed by atoms with Crippen LogP contribution in [-0.2, 0) is 11.8 Å². The molecule has 1 atom stereocenters. The summed E-state index contributed by atoms with van der Waals surface area (Å²) in [5.41, 5.74) is 2.98. The second-order valence-corrected chi connectivity index (χ2v) is 5.26. The van der Waals surface area contributed by atoms with Gasteiger partial charge in [0.15, 0.2) is 0 Å². The summed E-state index contributed by atoms with van der Waals surface area (Å²) in [6, 6.07) is 5.79. The molecular formula is C17H21N3O2. The molecule has 0 unspecified atom stereocenters. The standard InChI is InChI=1S/C17H21N3O2/c1-12-5-7-16(22-4)15(9-12)13(2)19-17(21)8-6-14-10-18-20(3)11-14/h5-11,13H,1-4H3,(H,19,21)/b8-6+/t13-/m1/s1. The maximum absolute atomic E-state index is 12.0. The number of rotatable bonds is 5. The Kier molecular flexibility index (Phi) is 4.99. The van der Waals surface area contributed by atoms with Crippen LogP contribution in [0.2, 0.25) is 0 Å². The number of carbonyl (C=O) groups is 1. The van der Waals surface area contributed by atoms with Crippen molar-refractivity contribution in [2.75, 3.05) is 7.11 Å². The van der Waals surface area contributed by atoms with Gasteiger partial charge in [-0.2, -0.15) is 5.10 Å². The van der Waals surface area contributed by atoms with E-state index < -0.39 is 0 Å². The van der Waals surface area contributed by atoms with Crippen LogP contribution in [0.15, 0.2) is 36.7 Å². The Hall–Kier alpha value is -2.56. The van der Waals surface area contributed by atoms with Crippen molar-refractivity contribution in [2.24, 2.45) is 7.05 Å². The Morgan fingerprint density at radius 2 is 2.23 bits per heavy atom. The monoisotopic (exact) mass is 299 g/mol. The molecule has 0 saturated heterocycles. The molecule has 2 aromatic rings. The molecule has 5 nitrogen and oxygen atoms in total. The second-order valence-electron chi connectivity index (χ2n) is 5.26. The molecule has 0 radical (unpaired) electrons. The van der Waals surface area contributed by atoms with Gasteiger partial charge in [0.05, 0.1) is 19.3 Å². The van der Waals surface area contributed by atoms with Crippen molar-refractivity contribution in [1.82, 2.24) is 15.1 Å². The fourth-order valence-corrected chi connectivity index (χ4v) is 2.23. The van der Waals surface area contributed by atoms with E-state index >= 15 is 0 Å². The molecule has 1 aromatic carbocycles. The highest BCUT2D eigenvalue weighted by Crippen LogP contribution is 2.25. The minimum absolute atomic E-state index is 0.138. The van der Waals surface area contributed by atoms with Crippen molar-refractivity contribution >= 4 is 12.0 Å². The minimum atomic E-state index is -0.153. The molecule has 5 heteroatoms. The van der Waals surface area contributed by atoms with E-state index in [9.17, 15) is 4.79 Å². The third kappa shape index (κ3) is 3.97. The summed E-state index contributed by atoms with van der Waals surface area (Å²) in [4.78, 5) is 12.0.